The van der Waals surface area contributed by atoms with Gasteiger partial charge in [-0.3, -0.25) is 4.72 Å². The third-order valence-electron chi connectivity index (χ3n) is 2.88. The van der Waals surface area contributed by atoms with Gasteiger partial charge in [0.15, 0.2) is 0 Å². The van der Waals surface area contributed by atoms with Gasteiger partial charge in [0.25, 0.3) is 10.0 Å². The minimum Gasteiger partial charge on any atom is -0.495 e. The largest absolute Gasteiger partial charge is 0.495 e. The first-order valence-corrected chi connectivity index (χ1v) is 8.41. The molecule has 23 heavy (non-hydrogen) atoms. The lowest BCUT2D eigenvalue weighted by molar-refractivity contribution is 0.0697. The van der Waals surface area contributed by atoms with Gasteiger partial charge in [0.05, 0.1) is 17.1 Å². The van der Waals surface area contributed by atoms with Crippen LogP contribution in [-0.4, -0.2) is 26.6 Å². The number of carbonyl (C=O) groups is 1. The van der Waals surface area contributed by atoms with Gasteiger partial charge in [-0.15, -0.1) is 0 Å². The number of rotatable bonds is 5. The highest BCUT2D eigenvalue weighted by Gasteiger charge is 2.22. The number of halogens is 2. The van der Waals surface area contributed by atoms with Crippen LogP contribution in [0.5, 0.6) is 5.75 Å². The van der Waals surface area contributed by atoms with E-state index in [-0.39, 0.29) is 26.4 Å². The maximum atomic E-state index is 13.6. The molecule has 0 fully saturated rings. The van der Waals surface area contributed by atoms with Crippen molar-refractivity contribution < 1.29 is 27.4 Å². The molecule has 0 heterocycles. The molecule has 0 aliphatic heterocycles. The maximum absolute atomic E-state index is 13.6. The monoisotopic (exact) mass is 403 g/mol. The Morgan fingerprint density at radius 1 is 1.26 bits per heavy atom. The second kappa shape index (κ2) is 6.55. The lowest BCUT2D eigenvalue weighted by Gasteiger charge is -2.12. The predicted octanol–water partition coefficient (Wildman–Crippen LogP) is 3.10. The van der Waals surface area contributed by atoms with Crippen LogP contribution in [0.2, 0.25) is 0 Å². The summed E-state index contributed by atoms with van der Waals surface area (Å²) in [5.41, 5.74) is 0.153. The molecule has 0 spiro atoms. The van der Waals surface area contributed by atoms with Crippen molar-refractivity contribution in [2.75, 3.05) is 11.8 Å². The normalized spacial score (nSPS) is 11.1. The smallest absolute Gasteiger partial charge is 0.335 e. The molecule has 0 aromatic heterocycles. The number of hydrogen-bond donors (Lipinski definition) is 2. The highest BCUT2D eigenvalue weighted by Crippen LogP contribution is 2.31. The molecule has 0 amide bonds. The van der Waals surface area contributed by atoms with Crippen molar-refractivity contribution in [3.63, 3.8) is 0 Å². The predicted molar refractivity (Wildman–Crippen MR) is 84.9 cm³/mol. The summed E-state index contributed by atoms with van der Waals surface area (Å²) in [7, 11) is -2.85. The van der Waals surface area contributed by atoms with Crippen LogP contribution in [0.1, 0.15) is 10.4 Å². The maximum Gasteiger partial charge on any atom is 0.335 e. The summed E-state index contributed by atoms with van der Waals surface area (Å²) in [5.74, 6) is -1.92. The molecule has 0 bridgehead atoms. The number of sulfonamides is 1. The summed E-state index contributed by atoms with van der Waals surface area (Å²) in [5, 5.41) is 8.81. The van der Waals surface area contributed by atoms with E-state index in [0.29, 0.717) is 0 Å². The van der Waals surface area contributed by atoms with Crippen molar-refractivity contribution in [1.82, 2.24) is 0 Å². The zero-order chi connectivity index (χ0) is 17.2. The SMILES string of the molecule is COc1cc(Br)c(F)cc1S(=O)(=O)Nc1ccc(C(=O)O)cc1. The number of benzene rings is 2. The van der Waals surface area contributed by atoms with Crippen molar-refractivity contribution in [2.45, 2.75) is 4.90 Å². The van der Waals surface area contributed by atoms with Crippen molar-refractivity contribution >= 4 is 37.6 Å². The van der Waals surface area contributed by atoms with E-state index < -0.39 is 21.8 Å². The van der Waals surface area contributed by atoms with E-state index in [4.69, 9.17) is 9.84 Å². The molecule has 9 heteroatoms. The van der Waals surface area contributed by atoms with Crippen LogP contribution in [-0.2, 0) is 10.0 Å². The number of anilines is 1. The zero-order valence-corrected chi connectivity index (χ0v) is 14.1. The Bertz CT molecular complexity index is 852. The summed E-state index contributed by atoms with van der Waals surface area (Å²) >= 11 is 2.95. The van der Waals surface area contributed by atoms with Crippen LogP contribution in [0.15, 0.2) is 45.8 Å². The molecule has 2 aromatic carbocycles. The van der Waals surface area contributed by atoms with E-state index in [2.05, 4.69) is 20.7 Å². The van der Waals surface area contributed by atoms with Crippen molar-refractivity contribution in [1.29, 1.82) is 0 Å². The van der Waals surface area contributed by atoms with Gasteiger partial charge in [-0.05, 0) is 52.3 Å². The molecule has 2 aromatic rings. The number of ether oxygens (including phenoxy) is 1. The molecule has 0 atom stereocenters. The minimum atomic E-state index is -4.11. The summed E-state index contributed by atoms with van der Waals surface area (Å²) in [6.45, 7) is 0. The number of nitrogens with one attached hydrogen (secondary N) is 1. The van der Waals surface area contributed by atoms with Crippen LogP contribution in [0.4, 0.5) is 10.1 Å². The Balaban J connectivity index is 2.39. The van der Waals surface area contributed by atoms with Gasteiger partial charge >= 0.3 is 5.97 Å². The Morgan fingerprint density at radius 3 is 2.39 bits per heavy atom. The van der Waals surface area contributed by atoms with Gasteiger partial charge in [-0.1, -0.05) is 0 Å². The Labute approximate surface area is 140 Å². The molecule has 6 nitrogen and oxygen atoms in total. The average molecular weight is 404 g/mol. The highest BCUT2D eigenvalue weighted by molar-refractivity contribution is 9.10. The first-order chi connectivity index (χ1) is 10.7. The van der Waals surface area contributed by atoms with Gasteiger partial charge in [-0.2, -0.15) is 0 Å². The topological polar surface area (TPSA) is 92.7 Å². The number of carboxylic acid groups (broad SMARTS) is 1. The van der Waals surface area contributed by atoms with Gasteiger partial charge < -0.3 is 9.84 Å². The van der Waals surface area contributed by atoms with Crippen molar-refractivity contribution in [3.05, 3.63) is 52.3 Å². The van der Waals surface area contributed by atoms with E-state index in [0.717, 1.165) is 6.07 Å². The fourth-order valence-corrected chi connectivity index (χ4v) is 3.32. The van der Waals surface area contributed by atoms with E-state index >= 15 is 0 Å². The molecule has 0 saturated carbocycles. The fourth-order valence-electron chi connectivity index (χ4n) is 1.77. The number of hydrogen-bond acceptors (Lipinski definition) is 4. The quantitative estimate of drug-likeness (QED) is 0.799. The highest BCUT2D eigenvalue weighted by atomic mass is 79.9. The molecule has 0 unspecified atom stereocenters. The standard InChI is InChI=1S/C14H11BrFNO5S/c1-22-12-6-10(15)11(16)7-13(12)23(20,21)17-9-4-2-8(3-5-9)14(18)19/h2-7,17H,1H3,(H,18,19). The van der Waals surface area contributed by atoms with Crippen LogP contribution in [0.25, 0.3) is 0 Å². The molecule has 122 valence electrons. The van der Waals surface area contributed by atoms with Crippen molar-refractivity contribution in [2.24, 2.45) is 0 Å². The number of methoxy groups -OCH3 is 1. The molecule has 0 aliphatic rings. The number of carboxylic acids is 1. The number of aromatic carboxylic acids is 1. The summed E-state index contributed by atoms with van der Waals surface area (Å²) in [6.07, 6.45) is 0. The minimum absolute atomic E-state index is 0.0141. The van der Waals surface area contributed by atoms with Gasteiger partial charge in [0, 0.05) is 5.69 Å². The lowest BCUT2D eigenvalue weighted by Crippen LogP contribution is -2.14. The van der Waals surface area contributed by atoms with Gasteiger partial charge in [0.1, 0.15) is 16.5 Å². The molecule has 2 rings (SSSR count). The molecule has 0 aliphatic carbocycles. The Kier molecular flexibility index (Phi) is 4.90. The molecular weight excluding hydrogens is 393 g/mol. The average Bonchev–Trinajstić information content (AvgIpc) is 2.49. The van der Waals surface area contributed by atoms with E-state index in [1.807, 2.05) is 0 Å². The van der Waals surface area contributed by atoms with E-state index in [9.17, 15) is 17.6 Å². The lowest BCUT2D eigenvalue weighted by atomic mass is 10.2. The van der Waals surface area contributed by atoms with Gasteiger partial charge in [-0.25, -0.2) is 17.6 Å². The molecular formula is C14H11BrFNO5S. The van der Waals surface area contributed by atoms with Crippen LogP contribution in [0, 0.1) is 5.82 Å². The third-order valence-corrected chi connectivity index (χ3v) is 4.89. The second-order valence-corrected chi connectivity index (χ2v) is 6.91. The van der Waals surface area contributed by atoms with Crippen molar-refractivity contribution in [3.8, 4) is 5.75 Å². The van der Waals surface area contributed by atoms with E-state index in [1.165, 1.54) is 37.4 Å². The first-order valence-electron chi connectivity index (χ1n) is 6.14. The van der Waals surface area contributed by atoms with Gasteiger partial charge in [0.2, 0.25) is 0 Å². The zero-order valence-electron chi connectivity index (χ0n) is 11.7. The summed E-state index contributed by atoms with van der Waals surface area (Å²) in [6, 6.07) is 7.12. The first kappa shape index (κ1) is 17.2. The summed E-state index contributed by atoms with van der Waals surface area (Å²) in [4.78, 5) is 10.4. The van der Waals surface area contributed by atoms with Crippen LogP contribution in [0.3, 0.4) is 0 Å². The molecule has 2 N–H and O–H groups in total. The second-order valence-electron chi connectivity index (χ2n) is 4.41. The van der Waals surface area contributed by atoms with Crippen LogP contribution < -0.4 is 9.46 Å². The van der Waals surface area contributed by atoms with E-state index in [1.54, 1.807) is 0 Å². The summed E-state index contributed by atoms with van der Waals surface area (Å²) < 4.78 is 45.7. The molecule has 0 saturated heterocycles. The molecule has 0 radical (unpaired) electrons. The van der Waals surface area contributed by atoms with Crippen LogP contribution >= 0.6 is 15.9 Å². The Morgan fingerprint density at radius 2 is 1.87 bits per heavy atom. The Hall–Kier alpha value is -2.13. The third kappa shape index (κ3) is 3.80. The fraction of sp³-hybridized carbons (Fsp3) is 0.0714.